The molecule has 0 amide bonds. The highest BCUT2D eigenvalue weighted by atomic mass is 32.1. The number of nitrogens with zero attached hydrogens (tertiary/aromatic N) is 3. The fourth-order valence-electron chi connectivity index (χ4n) is 3.32. The van der Waals surface area contributed by atoms with Crippen LogP contribution < -0.4 is 10.5 Å². The molecule has 0 N–H and O–H groups in total. The molecule has 1 aliphatic heterocycles. The summed E-state index contributed by atoms with van der Waals surface area (Å²) in [5.74, 6) is 0.786. The van der Waals surface area contributed by atoms with Gasteiger partial charge in [0.15, 0.2) is 0 Å². The molecule has 21 heavy (non-hydrogen) atoms. The largest absolute Gasteiger partial charge is 0.378 e. The molecule has 1 fully saturated rings. The topological polar surface area (TPSA) is 47.4 Å². The van der Waals surface area contributed by atoms with Crippen LogP contribution in [0, 0.1) is 0 Å². The number of hydrogen-bond acceptors (Lipinski definition) is 5. The lowest BCUT2D eigenvalue weighted by Gasteiger charge is -2.28. The molecule has 3 heterocycles. The number of aromatic nitrogens is 2. The quantitative estimate of drug-likeness (QED) is 0.805. The van der Waals surface area contributed by atoms with E-state index in [4.69, 9.17) is 9.72 Å². The summed E-state index contributed by atoms with van der Waals surface area (Å²) in [6.45, 7) is 3.01. The first-order chi connectivity index (χ1) is 10.3. The molecule has 112 valence electrons. The minimum Gasteiger partial charge on any atom is -0.378 e. The van der Waals surface area contributed by atoms with Gasteiger partial charge >= 0.3 is 0 Å². The van der Waals surface area contributed by atoms with E-state index in [1.54, 1.807) is 15.9 Å². The van der Waals surface area contributed by atoms with Crippen LogP contribution in [0.1, 0.15) is 23.3 Å². The average molecular weight is 305 g/mol. The van der Waals surface area contributed by atoms with Crippen LogP contribution in [0.3, 0.4) is 0 Å². The van der Waals surface area contributed by atoms with E-state index in [0.717, 1.165) is 42.1 Å². The normalized spacial score (nSPS) is 19.0. The molecule has 0 radical (unpaired) electrons. The lowest BCUT2D eigenvalue weighted by Crippen LogP contribution is -2.40. The molecule has 1 aliphatic carbocycles. The molecule has 0 saturated carbocycles. The zero-order valence-corrected chi connectivity index (χ0v) is 13.0. The Kier molecular flexibility index (Phi) is 3.23. The van der Waals surface area contributed by atoms with Gasteiger partial charge in [-0.2, -0.15) is 0 Å². The zero-order chi connectivity index (χ0) is 14.4. The van der Waals surface area contributed by atoms with Crippen LogP contribution >= 0.6 is 11.3 Å². The second-order valence-electron chi connectivity index (χ2n) is 5.77. The van der Waals surface area contributed by atoms with E-state index in [1.807, 2.05) is 7.05 Å². The molecule has 2 aliphatic rings. The number of rotatable bonds is 1. The second-order valence-corrected chi connectivity index (χ2v) is 6.85. The minimum absolute atomic E-state index is 0.112. The van der Waals surface area contributed by atoms with Gasteiger partial charge in [0.1, 0.15) is 4.83 Å². The van der Waals surface area contributed by atoms with Crippen molar-refractivity contribution >= 4 is 27.5 Å². The van der Waals surface area contributed by atoms with Crippen molar-refractivity contribution < 1.29 is 4.74 Å². The molecule has 6 heteroatoms. The highest BCUT2D eigenvalue weighted by Crippen LogP contribution is 2.34. The molecule has 4 rings (SSSR count). The van der Waals surface area contributed by atoms with Crippen molar-refractivity contribution in [1.29, 1.82) is 0 Å². The van der Waals surface area contributed by atoms with E-state index >= 15 is 0 Å². The highest BCUT2D eigenvalue weighted by molar-refractivity contribution is 7.18. The summed E-state index contributed by atoms with van der Waals surface area (Å²) in [5, 5.41) is 0.870. The highest BCUT2D eigenvalue weighted by Gasteiger charge is 2.23. The smallest absolute Gasteiger partial charge is 0.263 e. The molecule has 5 nitrogen and oxygen atoms in total. The number of thiophene rings is 1. The van der Waals surface area contributed by atoms with Gasteiger partial charge in [0.2, 0.25) is 5.95 Å². The van der Waals surface area contributed by atoms with Gasteiger partial charge in [-0.3, -0.25) is 9.36 Å². The average Bonchev–Trinajstić information content (AvgIpc) is 2.90. The number of morpholine rings is 1. The van der Waals surface area contributed by atoms with Crippen LogP contribution in [0.5, 0.6) is 0 Å². The Balaban J connectivity index is 1.90. The van der Waals surface area contributed by atoms with Crippen molar-refractivity contribution in [2.45, 2.75) is 25.7 Å². The third kappa shape index (κ3) is 2.08. The van der Waals surface area contributed by atoms with Crippen molar-refractivity contribution in [2.75, 3.05) is 31.2 Å². The summed E-state index contributed by atoms with van der Waals surface area (Å²) >= 11 is 1.72. The first-order valence-electron chi connectivity index (χ1n) is 7.59. The van der Waals surface area contributed by atoms with Gasteiger partial charge in [-0.25, -0.2) is 4.98 Å². The lowest BCUT2D eigenvalue weighted by molar-refractivity contribution is 0.121. The number of hydrogen-bond donors (Lipinski definition) is 0. The van der Waals surface area contributed by atoms with Crippen LogP contribution in [-0.2, 0) is 24.6 Å². The van der Waals surface area contributed by atoms with Crippen LogP contribution in [0.2, 0.25) is 0 Å². The molecular weight excluding hydrogens is 286 g/mol. The maximum absolute atomic E-state index is 12.8. The Labute approximate surface area is 127 Å². The standard InChI is InChI=1S/C15H19N3O2S/c1-17-14(19)12-10-4-2-3-5-11(10)21-13(12)16-15(17)18-6-8-20-9-7-18/h2-9H2,1H3. The molecule has 0 aromatic carbocycles. The third-order valence-electron chi connectivity index (χ3n) is 4.47. The molecule has 0 spiro atoms. The van der Waals surface area contributed by atoms with Gasteiger partial charge in [0.25, 0.3) is 5.56 Å². The molecule has 1 saturated heterocycles. The van der Waals surface area contributed by atoms with Gasteiger partial charge in [-0.15, -0.1) is 11.3 Å². The summed E-state index contributed by atoms with van der Waals surface area (Å²) in [6.07, 6.45) is 4.55. The van der Waals surface area contributed by atoms with Crippen LogP contribution in [0.15, 0.2) is 4.79 Å². The summed E-state index contributed by atoms with van der Waals surface area (Å²) < 4.78 is 7.11. The summed E-state index contributed by atoms with van der Waals surface area (Å²) in [6, 6.07) is 0. The van der Waals surface area contributed by atoms with Crippen LogP contribution in [0.25, 0.3) is 10.2 Å². The van der Waals surface area contributed by atoms with Crippen LogP contribution in [0.4, 0.5) is 5.95 Å². The monoisotopic (exact) mass is 305 g/mol. The molecule has 2 aromatic heterocycles. The number of ether oxygens (including phenoxy) is 1. The summed E-state index contributed by atoms with van der Waals surface area (Å²) in [7, 11) is 1.84. The van der Waals surface area contributed by atoms with Gasteiger partial charge in [0.05, 0.1) is 18.6 Å². The minimum atomic E-state index is 0.112. The van der Waals surface area contributed by atoms with Crippen molar-refractivity contribution in [3.05, 3.63) is 20.8 Å². The van der Waals surface area contributed by atoms with Gasteiger partial charge in [-0.1, -0.05) is 0 Å². The Bertz CT molecular complexity index is 743. The van der Waals surface area contributed by atoms with Gasteiger partial charge in [-0.05, 0) is 31.2 Å². The van der Waals surface area contributed by atoms with Crippen LogP contribution in [-0.4, -0.2) is 35.9 Å². The third-order valence-corrected chi connectivity index (χ3v) is 5.65. The predicted molar refractivity (Wildman–Crippen MR) is 84.5 cm³/mol. The number of anilines is 1. The Morgan fingerprint density at radius 1 is 1.19 bits per heavy atom. The lowest BCUT2D eigenvalue weighted by atomic mass is 9.97. The van der Waals surface area contributed by atoms with Crippen molar-refractivity contribution in [3.63, 3.8) is 0 Å². The van der Waals surface area contributed by atoms with Gasteiger partial charge in [0, 0.05) is 25.0 Å². The summed E-state index contributed by atoms with van der Waals surface area (Å²) in [5.41, 5.74) is 1.38. The number of fused-ring (bicyclic) bond motifs is 3. The van der Waals surface area contributed by atoms with Crippen molar-refractivity contribution in [1.82, 2.24) is 9.55 Å². The van der Waals surface area contributed by atoms with E-state index in [2.05, 4.69) is 4.90 Å². The molecule has 0 unspecified atom stereocenters. The summed E-state index contributed by atoms with van der Waals surface area (Å²) in [4.78, 5) is 22.1. The molecule has 2 aromatic rings. The van der Waals surface area contributed by atoms with Crippen molar-refractivity contribution in [2.24, 2.45) is 7.05 Å². The van der Waals surface area contributed by atoms with E-state index in [-0.39, 0.29) is 5.56 Å². The van der Waals surface area contributed by atoms with E-state index in [0.29, 0.717) is 13.2 Å². The molecular formula is C15H19N3O2S. The van der Waals surface area contributed by atoms with E-state index in [1.165, 1.54) is 23.3 Å². The number of aryl methyl sites for hydroxylation is 2. The first kappa shape index (κ1) is 13.3. The SMILES string of the molecule is Cn1c(N2CCOCC2)nc2sc3c(c2c1=O)CCCC3. The fourth-order valence-corrected chi connectivity index (χ4v) is 4.57. The first-order valence-corrected chi connectivity index (χ1v) is 8.41. The van der Waals surface area contributed by atoms with E-state index < -0.39 is 0 Å². The Morgan fingerprint density at radius 2 is 1.95 bits per heavy atom. The van der Waals surface area contributed by atoms with E-state index in [9.17, 15) is 4.79 Å². The predicted octanol–water partition coefficient (Wildman–Crippen LogP) is 1.71. The maximum atomic E-state index is 12.8. The molecule has 0 atom stereocenters. The molecule has 0 bridgehead atoms. The second kappa shape index (κ2) is 5.10. The fraction of sp³-hybridized carbons (Fsp3) is 0.600. The van der Waals surface area contributed by atoms with Crippen molar-refractivity contribution in [3.8, 4) is 0 Å². The van der Waals surface area contributed by atoms with Gasteiger partial charge < -0.3 is 9.64 Å². The Morgan fingerprint density at radius 3 is 2.76 bits per heavy atom. The Hall–Kier alpha value is -1.40. The maximum Gasteiger partial charge on any atom is 0.263 e. The zero-order valence-electron chi connectivity index (χ0n) is 12.2.